The second kappa shape index (κ2) is 7.61. The van der Waals surface area contributed by atoms with E-state index in [1.807, 2.05) is 12.1 Å². The largest absolute Gasteiger partial charge is 0.468 e. The van der Waals surface area contributed by atoms with Gasteiger partial charge in [0.15, 0.2) is 0 Å². The Hall–Kier alpha value is -2.16. The number of benzene rings is 1. The molecule has 0 spiro atoms. The molecule has 1 aliphatic rings. The molecule has 26 heavy (non-hydrogen) atoms. The maximum absolute atomic E-state index is 13.0. The van der Waals surface area contributed by atoms with Gasteiger partial charge in [0.2, 0.25) is 15.9 Å². The van der Waals surface area contributed by atoms with Crippen LogP contribution in [0.15, 0.2) is 45.9 Å². The van der Waals surface area contributed by atoms with E-state index in [9.17, 15) is 13.2 Å². The first-order valence-electron chi connectivity index (χ1n) is 8.49. The normalized spacial score (nSPS) is 16.5. The standard InChI is InChI=1S/C18H23N3O4S/c1-14-5-6-16(19-15(2)22)12-18(14)26(23,24)21-9-7-20(8-10-21)13-17-4-3-11-25-17/h3-6,11-12H,7-10,13H2,1-2H3,(H,19,22). The predicted octanol–water partition coefficient (Wildman–Crippen LogP) is 2.05. The van der Waals surface area contributed by atoms with Crippen LogP contribution in [-0.2, 0) is 21.4 Å². The summed E-state index contributed by atoms with van der Waals surface area (Å²) in [6, 6.07) is 8.71. The fourth-order valence-electron chi connectivity index (χ4n) is 3.05. The van der Waals surface area contributed by atoms with Gasteiger partial charge in [0.05, 0.1) is 17.7 Å². The van der Waals surface area contributed by atoms with Crippen LogP contribution in [0.25, 0.3) is 0 Å². The van der Waals surface area contributed by atoms with Gasteiger partial charge in [0.25, 0.3) is 0 Å². The third-order valence-corrected chi connectivity index (χ3v) is 6.46. The molecule has 1 aliphatic heterocycles. The van der Waals surface area contributed by atoms with Gasteiger partial charge in [0.1, 0.15) is 5.76 Å². The molecule has 2 aromatic rings. The lowest BCUT2D eigenvalue weighted by molar-refractivity contribution is -0.114. The van der Waals surface area contributed by atoms with Crippen molar-refractivity contribution in [2.24, 2.45) is 0 Å². The smallest absolute Gasteiger partial charge is 0.243 e. The predicted molar refractivity (Wildman–Crippen MR) is 98.2 cm³/mol. The summed E-state index contributed by atoms with van der Waals surface area (Å²) < 4.78 is 32.9. The summed E-state index contributed by atoms with van der Waals surface area (Å²) in [5.74, 6) is 0.643. The molecule has 0 radical (unpaired) electrons. The maximum atomic E-state index is 13.0. The molecule has 0 unspecified atom stereocenters. The van der Waals surface area contributed by atoms with E-state index in [1.165, 1.54) is 17.3 Å². The Kier molecular flexibility index (Phi) is 5.45. The van der Waals surface area contributed by atoms with Gasteiger partial charge in [-0.25, -0.2) is 8.42 Å². The number of rotatable bonds is 5. The van der Waals surface area contributed by atoms with Crippen LogP contribution in [0.5, 0.6) is 0 Å². The van der Waals surface area contributed by atoms with Gasteiger partial charge in [0, 0.05) is 38.8 Å². The van der Waals surface area contributed by atoms with Gasteiger partial charge < -0.3 is 9.73 Å². The molecule has 7 nitrogen and oxygen atoms in total. The number of anilines is 1. The summed E-state index contributed by atoms with van der Waals surface area (Å²) in [7, 11) is -3.60. The van der Waals surface area contributed by atoms with Crippen molar-refractivity contribution >= 4 is 21.6 Å². The minimum absolute atomic E-state index is 0.233. The number of carbonyl (C=O) groups is 1. The van der Waals surface area contributed by atoms with Crippen LogP contribution in [0.2, 0.25) is 0 Å². The Morgan fingerprint density at radius 1 is 1.19 bits per heavy atom. The van der Waals surface area contributed by atoms with E-state index in [0.717, 1.165) is 5.76 Å². The van der Waals surface area contributed by atoms with E-state index in [4.69, 9.17) is 4.42 Å². The molecule has 0 saturated carbocycles. The molecule has 0 atom stereocenters. The lowest BCUT2D eigenvalue weighted by Crippen LogP contribution is -2.48. The molecule has 1 aromatic carbocycles. The minimum Gasteiger partial charge on any atom is -0.468 e. The van der Waals surface area contributed by atoms with Crippen LogP contribution in [0, 0.1) is 6.92 Å². The van der Waals surface area contributed by atoms with Gasteiger partial charge in [-0.1, -0.05) is 6.07 Å². The highest BCUT2D eigenvalue weighted by Crippen LogP contribution is 2.25. The van der Waals surface area contributed by atoms with E-state index < -0.39 is 10.0 Å². The quantitative estimate of drug-likeness (QED) is 0.862. The zero-order chi connectivity index (χ0) is 18.7. The molecule has 140 valence electrons. The summed E-state index contributed by atoms with van der Waals surface area (Å²) in [5.41, 5.74) is 1.15. The Morgan fingerprint density at radius 3 is 2.54 bits per heavy atom. The minimum atomic E-state index is -3.60. The molecule has 8 heteroatoms. The topological polar surface area (TPSA) is 82.9 Å². The molecule has 3 rings (SSSR count). The molecule has 2 heterocycles. The number of aryl methyl sites for hydroxylation is 1. The lowest BCUT2D eigenvalue weighted by atomic mass is 10.2. The van der Waals surface area contributed by atoms with Gasteiger partial charge >= 0.3 is 0 Å². The van der Waals surface area contributed by atoms with Crippen molar-refractivity contribution in [3.05, 3.63) is 47.9 Å². The average molecular weight is 377 g/mol. The molecule has 1 aromatic heterocycles. The molecule has 1 fully saturated rings. The summed E-state index contributed by atoms with van der Waals surface area (Å²) in [6.07, 6.45) is 1.64. The summed E-state index contributed by atoms with van der Waals surface area (Å²) in [5, 5.41) is 2.64. The number of furan rings is 1. The van der Waals surface area contributed by atoms with Crippen LogP contribution in [0.4, 0.5) is 5.69 Å². The molecule has 0 aliphatic carbocycles. The summed E-state index contributed by atoms with van der Waals surface area (Å²) in [6.45, 7) is 5.97. The zero-order valence-corrected chi connectivity index (χ0v) is 15.8. The van der Waals surface area contributed by atoms with Crippen molar-refractivity contribution in [3.8, 4) is 0 Å². The van der Waals surface area contributed by atoms with Crippen molar-refractivity contribution in [2.75, 3.05) is 31.5 Å². The number of carbonyl (C=O) groups excluding carboxylic acids is 1. The van der Waals surface area contributed by atoms with Crippen LogP contribution in [0.1, 0.15) is 18.2 Å². The monoisotopic (exact) mass is 377 g/mol. The van der Waals surface area contributed by atoms with E-state index in [0.29, 0.717) is 44.0 Å². The second-order valence-corrected chi connectivity index (χ2v) is 8.33. The Labute approximate surface area is 153 Å². The third kappa shape index (κ3) is 4.14. The fourth-order valence-corrected chi connectivity index (χ4v) is 4.72. The van der Waals surface area contributed by atoms with E-state index in [1.54, 1.807) is 25.3 Å². The first kappa shape index (κ1) is 18.6. The van der Waals surface area contributed by atoms with Crippen molar-refractivity contribution in [3.63, 3.8) is 0 Å². The van der Waals surface area contributed by atoms with Crippen LogP contribution in [0.3, 0.4) is 0 Å². The number of amides is 1. The number of nitrogens with one attached hydrogen (secondary N) is 1. The molecular formula is C18H23N3O4S. The highest BCUT2D eigenvalue weighted by Gasteiger charge is 2.30. The fraction of sp³-hybridized carbons (Fsp3) is 0.389. The van der Waals surface area contributed by atoms with Crippen molar-refractivity contribution in [1.29, 1.82) is 0 Å². The van der Waals surface area contributed by atoms with Gasteiger partial charge in [-0.15, -0.1) is 0 Å². The van der Waals surface area contributed by atoms with Crippen molar-refractivity contribution < 1.29 is 17.6 Å². The number of piperazine rings is 1. The highest BCUT2D eigenvalue weighted by atomic mass is 32.2. The van der Waals surface area contributed by atoms with E-state index in [-0.39, 0.29) is 10.8 Å². The molecular weight excluding hydrogens is 354 g/mol. The zero-order valence-electron chi connectivity index (χ0n) is 14.9. The van der Waals surface area contributed by atoms with Crippen molar-refractivity contribution in [2.45, 2.75) is 25.3 Å². The van der Waals surface area contributed by atoms with Crippen LogP contribution >= 0.6 is 0 Å². The maximum Gasteiger partial charge on any atom is 0.243 e. The SMILES string of the molecule is CC(=O)Nc1ccc(C)c(S(=O)(=O)N2CCN(Cc3ccco3)CC2)c1. The van der Waals surface area contributed by atoms with Crippen molar-refractivity contribution in [1.82, 2.24) is 9.21 Å². The molecule has 1 N–H and O–H groups in total. The van der Waals surface area contributed by atoms with Gasteiger partial charge in [-0.05, 0) is 36.8 Å². The summed E-state index contributed by atoms with van der Waals surface area (Å²) in [4.78, 5) is 13.7. The third-order valence-electron chi connectivity index (χ3n) is 4.42. The first-order valence-corrected chi connectivity index (χ1v) is 9.93. The molecule has 1 saturated heterocycles. The van der Waals surface area contributed by atoms with Crippen LogP contribution < -0.4 is 5.32 Å². The first-order chi connectivity index (χ1) is 12.4. The Bertz CT molecular complexity index is 870. The lowest BCUT2D eigenvalue weighted by Gasteiger charge is -2.33. The number of nitrogens with zero attached hydrogens (tertiary/aromatic N) is 2. The van der Waals surface area contributed by atoms with Gasteiger partial charge in [-0.2, -0.15) is 4.31 Å². The van der Waals surface area contributed by atoms with E-state index >= 15 is 0 Å². The van der Waals surface area contributed by atoms with E-state index in [2.05, 4.69) is 10.2 Å². The molecule has 1 amide bonds. The highest BCUT2D eigenvalue weighted by molar-refractivity contribution is 7.89. The Balaban J connectivity index is 1.72. The average Bonchev–Trinajstić information content (AvgIpc) is 3.09. The number of hydrogen-bond acceptors (Lipinski definition) is 5. The molecule has 0 bridgehead atoms. The van der Waals surface area contributed by atoms with Crippen LogP contribution in [-0.4, -0.2) is 49.7 Å². The Morgan fingerprint density at radius 2 is 1.92 bits per heavy atom. The second-order valence-electron chi connectivity index (χ2n) is 6.42. The van der Waals surface area contributed by atoms with Gasteiger partial charge in [-0.3, -0.25) is 9.69 Å². The number of hydrogen-bond donors (Lipinski definition) is 1. The summed E-state index contributed by atoms with van der Waals surface area (Å²) >= 11 is 0. The number of sulfonamides is 1.